The highest BCUT2D eigenvalue weighted by Gasteiger charge is 2.07. The molecule has 0 aliphatic carbocycles. The summed E-state index contributed by atoms with van der Waals surface area (Å²) >= 11 is 0. The number of pyridine rings is 1. The minimum absolute atomic E-state index is 0. The molecule has 0 unspecified atom stereocenters. The first-order valence-corrected chi connectivity index (χ1v) is 7.97. The number of hydrogen-bond donors (Lipinski definition) is 2. The number of nitrogens with zero attached hydrogens (tertiary/aromatic N) is 2. The van der Waals surface area contributed by atoms with Crippen LogP contribution in [0, 0.1) is 0 Å². The van der Waals surface area contributed by atoms with Crippen molar-refractivity contribution in [1.29, 1.82) is 0 Å². The van der Waals surface area contributed by atoms with Crippen LogP contribution in [0.3, 0.4) is 0 Å². The zero-order valence-corrected chi connectivity index (χ0v) is 17.7. The van der Waals surface area contributed by atoms with E-state index in [1.165, 1.54) is 0 Å². The van der Waals surface area contributed by atoms with Gasteiger partial charge in [0, 0.05) is 37.6 Å². The van der Waals surface area contributed by atoms with Crippen molar-refractivity contribution in [2.24, 2.45) is 4.99 Å². The van der Waals surface area contributed by atoms with Gasteiger partial charge in [-0.1, -0.05) is 6.07 Å². The summed E-state index contributed by atoms with van der Waals surface area (Å²) in [5, 5.41) is 6.47. The number of aromatic nitrogens is 1. The molecular weight excluding hydrogens is 447 g/mol. The van der Waals surface area contributed by atoms with Gasteiger partial charge in [-0.25, -0.2) is 4.98 Å². The summed E-state index contributed by atoms with van der Waals surface area (Å²) in [5.41, 5.74) is 1.87. The van der Waals surface area contributed by atoms with Crippen LogP contribution in [-0.2, 0) is 6.54 Å². The van der Waals surface area contributed by atoms with E-state index < -0.39 is 0 Å². The molecule has 8 heteroatoms. The lowest BCUT2D eigenvalue weighted by Gasteiger charge is -2.14. The van der Waals surface area contributed by atoms with E-state index in [4.69, 9.17) is 14.2 Å². The molecule has 1 heterocycles. The Morgan fingerprint density at radius 1 is 1.12 bits per heavy atom. The SMILES string of the molecule is CCOc1cc(NC(=NC)NCc2ccc(OC)nc2)ccc1OC.I. The lowest BCUT2D eigenvalue weighted by molar-refractivity contribution is 0.311. The van der Waals surface area contributed by atoms with Crippen LogP contribution in [0.2, 0.25) is 0 Å². The second-order valence-electron chi connectivity index (χ2n) is 5.06. The van der Waals surface area contributed by atoms with Crippen LogP contribution < -0.4 is 24.8 Å². The zero-order valence-electron chi connectivity index (χ0n) is 15.4. The lowest BCUT2D eigenvalue weighted by atomic mass is 10.2. The van der Waals surface area contributed by atoms with E-state index in [-0.39, 0.29) is 24.0 Å². The molecule has 0 aliphatic heterocycles. The second kappa shape index (κ2) is 11.4. The normalized spacial score (nSPS) is 10.5. The van der Waals surface area contributed by atoms with Crippen molar-refractivity contribution in [3.05, 3.63) is 42.1 Å². The summed E-state index contributed by atoms with van der Waals surface area (Å²) in [7, 11) is 4.93. The summed E-state index contributed by atoms with van der Waals surface area (Å²) in [6, 6.07) is 9.42. The minimum Gasteiger partial charge on any atom is -0.493 e. The molecule has 0 aliphatic rings. The van der Waals surface area contributed by atoms with Crippen LogP contribution in [0.25, 0.3) is 0 Å². The maximum Gasteiger partial charge on any atom is 0.212 e. The Bertz CT molecular complexity index is 708. The van der Waals surface area contributed by atoms with Gasteiger partial charge < -0.3 is 24.8 Å². The fraction of sp³-hybridized carbons (Fsp3) is 0.333. The molecule has 0 saturated carbocycles. The quantitative estimate of drug-likeness (QED) is 0.366. The van der Waals surface area contributed by atoms with Crippen LogP contribution in [0.4, 0.5) is 5.69 Å². The number of benzene rings is 1. The molecule has 2 rings (SSSR count). The Kier molecular flexibility index (Phi) is 9.56. The monoisotopic (exact) mass is 472 g/mol. The average Bonchev–Trinajstić information content (AvgIpc) is 2.66. The molecule has 7 nitrogen and oxygen atoms in total. The molecular formula is C18H25IN4O3. The largest absolute Gasteiger partial charge is 0.493 e. The summed E-state index contributed by atoms with van der Waals surface area (Å²) in [4.78, 5) is 8.41. The first kappa shape index (κ1) is 21.8. The molecule has 0 fully saturated rings. The number of halogens is 1. The van der Waals surface area contributed by atoms with Crippen LogP contribution in [0.5, 0.6) is 17.4 Å². The van der Waals surface area contributed by atoms with Gasteiger partial charge in [-0.15, -0.1) is 24.0 Å². The fourth-order valence-electron chi connectivity index (χ4n) is 2.16. The number of anilines is 1. The molecule has 1 aromatic carbocycles. The van der Waals surface area contributed by atoms with E-state index in [1.807, 2.05) is 37.3 Å². The molecule has 142 valence electrons. The number of rotatable bonds is 7. The van der Waals surface area contributed by atoms with E-state index in [0.717, 1.165) is 11.3 Å². The maximum absolute atomic E-state index is 5.59. The topological polar surface area (TPSA) is 77.0 Å². The molecule has 2 N–H and O–H groups in total. The zero-order chi connectivity index (χ0) is 18.1. The van der Waals surface area contributed by atoms with Crippen molar-refractivity contribution in [2.45, 2.75) is 13.5 Å². The summed E-state index contributed by atoms with van der Waals surface area (Å²) in [6.07, 6.45) is 1.76. The Labute approximate surface area is 171 Å². The summed E-state index contributed by atoms with van der Waals surface area (Å²) in [5.74, 6) is 2.61. The minimum atomic E-state index is 0. The van der Waals surface area contributed by atoms with Gasteiger partial charge in [-0.05, 0) is 24.6 Å². The smallest absolute Gasteiger partial charge is 0.212 e. The fourth-order valence-corrected chi connectivity index (χ4v) is 2.16. The van der Waals surface area contributed by atoms with E-state index in [0.29, 0.717) is 36.5 Å². The van der Waals surface area contributed by atoms with Gasteiger partial charge in [-0.3, -0.25) is 4.99 Å². The number of hydrogen-bond acceptors (Lipinski definition) is 5. The molecule has 0 atom stereocenters. The molecule has 0 amide bonds. The van der Waals surface area contributed by atoms with Gasteiger partial charge in [-0.2, -0.15) is 0 Å². The maximum atomic E-state index is 5.59. The lowest BCUT2D eigenvalue weighted by Crippen LogP contribution is -2.30. The predicted molar refractivity (Wildman–Crippen MR) is 114 cm³/mol. The number of guanidine groups is 1. The Morgan fingerprint density at radius 2 is 1.92 bits per heavy atom. The summed E-state index contributed by atoms with van der Waals surface area (Å²) in [6.45, 7) is 3.09. The van der Waals surface area contributed by atoms with Crippen molar-refractivity contribution >= 4 is 35.6 Å². The van der Waals surface area contributed by atoms with Crippen molar-refractivity contribution in [3.8, 4) is 17.4 Å². The Balaban J connectivity index is 0.00000338. The Morgan fingerprint density at radius 3 is 2.50 bits per heavy atom. The number of nitrogens with one attached hydrogen (secondary N) is 2. The van der Waals surface area contributed by atoms with Crippen LogP contribution in [0.1, 0.15) is 12.5 Å². The molecule has 0 spiro atoms. The van der Waals surface area contributed by atoms with Gasteiger partial charge in [0.05, 0.1) is 20.8 Å². The highest BCUT2D eigenvalue weighted by atomic mass is 127. The molecule has 2 aromatic rings. The number of methoxy groups -OCH3 is 2. The molecule has 1 aromatic heterocycles. The van der Waals surface area contributed by atoms with E-state index in [2.05, 4.69) is 20.6 Å². The molecule has 0 radical (unpaired) electrons. The van der Waals surface area contributed by atoms with Gasteiger partial charge in [0.15, 0.2) is 17.5 Å². The van der Waals surface area contributed by atoms with Crippen LogP contribution >= 0.6 is 24.0 Å². The van der Waals surface area contributed by atoms with Crippen molar-refractivity contribution in [2.75, 3.05) is 33.2 Å². The van der Waals surface area contributed by atoms with Crippen LogP contribution in [-0.4, -0.2) is 38.8 Å². The van der Waals surface area contributed by atoms with Gasteiger partial charge in [0.2, 0.25) is 5.88 Å². The van der Waals surface area contributed by atoms with Crippen LogP contribution in [0.15, 0.2) is 41.5 Å². The highest BCUT2D eigenvalue weighted by molar-refractivity contribution is 14.0. The number of ether oxygens (including phenoxy) is 3. The standard InChI is InChI=1S/C18H24N4O3.HI/c1-5-25-16-10-14(7-8-15(16)23-3)22-18(19-2)21-12-13-6-9-17(24-4)20-11-13;/h6-11H,5,12H2,1-4H3,(H2,19,21,22);1H. The van der Waals surface area contributed by atoms with E-state index in [9.17, 15) is 0 Å². The second-order valence-corrected chi connectivity index (χ2v) is 5.06. The first-order chi connectivity index (χ1) is 12.2. The Hall–Kier alpha value is -2.23. The van der Waals surface area contributed by atoms with E-state index >= 15 is 0 Å². The van der Waals surface area contributed by atoms with Gasteiger partial charge >= 0.3 is 0 Å². The van der Waals surface area contributed by atoms with E-state index in [1.54, 1.807) is 27.5 Å². The third-order valence-corrected chi connectivity index (χ3v) is 3.42. The molecule has 26 heavy (non-hydrogen) atoms. The van der Waals surface area contributed by atoms with Crippen molar-refractivity contribution < 1.29 is 14.2 Å². The molecule has 0 saturated heterocycles. The van der Waals surface area contributed by atoms with Crippen molar-refractivity contribution in [3.63, 3.8) is 0 Å². The average molecular weight is 472 g/mol. The van der Waals surface area contributed by atoms with Gasteiger partial charge in [0.1, 0.15) is 0 Å². The molecule has 0 bridgehead atoms. The van der Waals surface area contributed by atoms with Gasteiger partial charge in [0.25, 0.3) is 0 Å². The summed E-state index contributed by atoms with van der Waals surface area (Å²) < 4.78 is 15.9. The predicted octanol–water partition coefficient (Wildman–Crippen LogP) is 3.30. The van der Waals surface area contributed by atoms with Crippen molar-refractivity contribution in [1.82, 2.24) is 10.3 Å². The number of aliphatic imine (C=N–C) groups is 1. The third-order valence-electron chi connectivity index (χ3n) is 3.42. The first-order valence-electron chi connectivity index (χ1n) is 7.97. The third kappa shape index (κ3) is 6.25. The highest BCUT2D eigenvalue weighted by Crippen LogP contribution is 2.30.